The summed E-state index contributed by atoms with van der Waals surface area (Å²) in [5.74, 6) is -0.436. The molecule has 6 rings (SSSR count). The first kappa shape index (κ1) is 23.0. The maximum Gasteiger partial charge on any atom is 0.262 e. The lowest BCUT2D eigenvalue weighted by Gasteiger charge is -2.31. The molecule has 9 heteroatoms. The molecule has 184 valence electrons. The Morgan fingerprint density at radius 1 is 1.14 bits per heavy atom. The molecule has 1 aliphatic rings. The predicted molar refractivity (Wildman–Crippen MR) is 136 cm³/mol. The van der Waals surface area contributed by atoms with Crippen molar-refractivity contribution in [2.45, 2.75) is 32.1 Å². The van der Waals surface area contributed by atoms with Crippen LogP contribution in [0.4, 0.5) is 8.78 Å². The summed E-state index contributed by atoms with van der Waals surface area (Å²) in [5, 5.41) is 6.89. The van der Waals surface area contributed by atoms with E-state index in [2.05, 4.69) is 15.0 Å². The van der Waals surface area contributed by atoms with Crippen LogP contribution in [0.1, 0.15) is 35.7 Å². The average molecular weight is 507 g/mol. The molecular formula is C27H24F2N4O2S. The number of benzene rings is 2. The molecule has 0 spiro atoms. The van der Waals surface area contributed by atoms with Crippen molar-refractivity contribution in [1.29, 1.82) is 0 Å². The van der Waals surface area contributed by atoms with Gasteiger partial charge in [0.25, 0.3) is 5.56 Å². The SMILES string of the molecule is Cc1nc2scc(-c3ccccc3F)n2c(=O)c1CCN1CCC(c2noc3cc(F)ccc23)CC1. The van der Waals surface area contributed by atoms with Crippen molar-refractivity contribution < 1.29 is 13.3 Å². The third-order valence-electron chi connectivity index (χ3n) is 7.13. The largest absolute Gasteiger partial charge is 0.356 e. The molecular weight excluding hydrogens is 482 g/mol. The molecule has 36 heavy (non-hydrogen) atoms. The molecule has 3 aromatic heterocycles. The fourth-order valence-electron chi connectivity index (χ4n) is 5.16. The molecule has 4 heterocycles. The highest BCUT2D eigenvalue weighted by molar-refractivity contribution is 7.15. The van der Waals surface area contributed by atoms with Gasteiger partial charge in [-0.1, -0.05) is 17.3 Å². The van der Waals surface area contributed by atoms with Crippen molar-refractivity contribution in [3.8, 4) is 11.3 Å². The van der Waals surface area contributed by atoms with Crippen LogP contribution in [-0.4, -0.2) is 39.1 Å². The molecule has 0 atom stereocenters. The monoisotopic (exact) mass is 506 g/mol. The number of rotatable bonds is 5. The fourth-order valence-corrected chi connectivity index (χ4v) is 6.08. The van der Waals surface area contributed by atoms with E-state index in [9.17, 15) is 13.6 Å². The Hall–Kier alpha value is -3.43. The molecule has 2 aromatic carbocycles. The van der Waals surface area contributed by atoms with Gasteiger partial charge in [0.2, 0.25) is 0 Å². The molecule has 0 bridgehead atoms. The summed E-state index contributed by atoms with van der Waals surface area (Å²) in [6.45, 7) is 4.34. The average Bonchev–Trinajstić information content (AvgIpc) is 3.48. The quantitative estimate of drug-likeness (QED) is 0.312. The number of piperidine rings is 1. The third-order valence-corrected chi connectivity index (χ3v) is 7.96. The van der Waals surface area contributed by atoms with E-state index in [4.69, 9.17) is 4.52 Å². The van der Waals surface area contributed by atoms with Crippen LogP contribution >= 0.6 is 11.3 Å². The van der Waals surface area contributed by atoms with Crippen LogP contribution in [0.5, 0.6) is 0 Å². The molecule has 0 aliphatic carbocycles. The Balaban J connectivity index is 1.18. The zero-order chi connectivity index (χ0) is 24.8. The predicted octanol–water partition coefficient (Wildman–Crippen LogP) is 5.57. The van der Waals surface area contributed by atoms with E-state index in [1.54, 1.807) is 29.6 Å². The summed E-state index contributed by atoms with van der Waals surface area (Å²) < 4.78 is 34.8. The van der Waals surface area contributed by atoms with Gasteiger partial charge in [-0.15, -0.1) is 11.3 Å². The number of fused-ring (bicyclic) bond motifs is 2. The molecule has 1 saturated heterocycles. The maximum absolute atomic E-state index is 14.5. The van der Waals surface area contributed by atoms with Gasteiger partial charge in [0, 0.05) is 46.1 Å². The standard InChI is InChI=1S/C27H24F2N4O2S/c1-16-19(26(34)33-23(15-36-27(33)30-16)20-4-2-3-5-22(20)29)10-13-32-11-8-17(9-12-32)25-21-7-6-18(28)14-24(21)35-31-25/h2-7,14-15,17H,8-13H2,1H3. The van der Waals surface area contributed by atoms with E-state index in [0.29, 0.717) is 33.8 Å². The van der Waals surface area contributed by atoms with Crippen molar-refractivity contribution in [3.63, 3.8) is 0 Å². The van der Waals surface area contributed by atoms with E-state index >= 15 is 0 Å². The van der Waals surface area contributed by atoms with Crippen LogP contribution in [-0.2, 0) is 6.42 Å². The van der Waals surface area contributed by atoms with E-state index in [1.165, 1.54) is 33.9 Å². The number of likely N-dealkylation sites (tertiary alicyclic amines) is 1. The highest BCUT2D eigenvalue weighted by atomic mass is 32.1. The number of halogens is 2. The molecule has 0 radical (unpaired) electrons. The zero-order valence-electron chi connectivity index (χ0n) is 19.7. The van der Waals surface area contributed by atoms with Crippen molar-refractivity contribution >= 4 is 27.3 Å². The van der Waals surface area contributed by atoms with Gasteiger partial charge in [-0.3, -0.25) is 9.20 Å². The number of nitrogens with zero attached hydrogens (tertiary/aromatic N) is 4. The molecule has 0 saturated carbocycles. The van der Waals surface area contributed by atoms with Gasteiger partial charge in [0.05, 0.1) is 11.4 Å². The molecule has 1 aliphatic heterocycles. The van der Waals surface area contributed by atoms with Crippen LogP contribution in [0.15, 0.2) is 57.2 Å². The topological polar surface area (TPSA) is 63.6 Å². The number of hydrogen-bond acceptors (Lipinski definition) is 6. The van der Waals surface area contributed by atoms with E-state index in [-0.39, 0.29) is 23.1 Å². The van der Waals surface area contributed by atoms with E-state index in [1.807, 2.05) is 6.92 Å². The number of aromatic nitrogens is 3. The number of thiazole rings is 1. The fraction of sp³-hybridized carbons (Fsp3) is 0.296. The lowest BCUT2D eigenvalue weighted by molar-refractivity contribution is 0.211. The van der Waals surface area contributed by atoms with Gasteiger partial charge in [-0.05, 0) is 63.5 Å². The molecule has 0 unspecified atom stereocenters. The smallest absolute Gasteiger partial charge is 0.262 e. The summed E-state index contributed by atoms with van der Waals surface area (Å²) in [5.41, 5.74) is 3.56. The Kier molecular flexibility index (Phi) is 5.89. The summed E-state index contributed by atoms with van der Waals surface area (Å²) in [7, 11) is 0. The highest BCUT2D eigenvalue weighted by Crippen LogP contribution is 2.33. The van der Waals surface area contributed by atoms with E-state index < -0.39 is 0 Å². The van der Waals surface area contributed by atoms with Crippen LogP contribution in [0.3, 0.4) is 0 Å². The van der Waals surface area contributed by atoms with Gasteiger partial charge in [0.1, 0.15) is 11.6 Å². The Morgan fingerprint density at radius 3 is 2.75 bits per heavy atom. The first-order chi connectivity index (χ1) is 17.5. The summed E-state index contributed by atoms with van der Waals surface area (Å²) in [6.07, 6.45) is 2.40. The van der Waals surface area contributed by atoms with Gasteiger partial charge < -0.3 is 9.42 Å². The second-order valence-electron chi connectivity index (χ2n) is 9.27. The minimum Gasteiger partial charge on any atom is -0.356 e. The van der Waals surface area contributed by atoms with Crippen LogP contribution in [0.25, 0.3) is 27.2 Å². The lowest BCUT2D eigenvalue weighted by atomic mass is 9.91. The van der Waals surface area contributed by atoms with Gasteiger partial charge in [0.15, 0.2) is 10.5 Å². The van der Waals surface area contributed by atoms with Gasteiger partial charge >= 0.3 is 0 Å². The normalized spacial score (nSPS) is 15.3. The first-order valence-corrected chi connectivity index (χ1v) is 12.9. The Bertz CT molecular complexity index is 1630. The van der Waals surface area contributed by atoms with E-state index in [0.717, 1.165) is 49.2 Å². The lowest BCUT2D eigenvalue weighted by Crippen LogP contribution is -2.35. The minimum absolute atomic E-state index is 0.131. The second kappa shape index (κ2) is 9.22. The summed E-state index contributed by atoms with van der Waals surface area (Å²) >= 11 is 1.34. The second-order valence-corrected chi connectivity index (χ2v) is 10.1. The molecule has 0 amide bonds. The van der Waals surface area contributed by atoms with Crippen LogP contribution < -0.4 is 5.56 Å². The Labute approximate surface area is 209 Å². The third kappa shape index (κ3) is 4.02. The maximum atomic E-state index is 14.5. The number of aryl methyl sites for hydroxylation is 1. The number of hydrogen-bond donors (Lipinski definition) is 0. The molecule has 1 fully saturated rings. The highest BCUT2D eigenvalue weighted by Gasteiger charge is 2.26. The summed E-state index contributed by atoms with van der Waals surface area (Å²) in [6, 6.07) is 11.0. The minimum atomic E-state index is -0.362. The Morgan fingerprint density at radius 2 is 1.94 bits per heavy atom. The molecule has 6 nitrogen and oxygen atoms in total. The van der Waals surface area contributed by atoms with Gasteiger partial charge in [-0.25, -0.2) is 13.8 Å². The van der Waals surface area contributed by atoms with Gasteiger partial charge in [-0.2, -0.15) is 0 Å². The zero-order valence-corrected chi connectivity index (χ0v) is 20.5. The molecule has 0 N–H and O–H groups in total. The van der Waals surface area contributed by atoms with Crippen molar-refractivity contribution in [1.82, 2.24) is 19.4 Å². The summed E-state index contributed by atoms with van der Waals surface area (Å²) in [4.78, 5) is 21.1. The molecule has 5 aromatic rings. The van der Waals surface area contributed by atoms with Crippen molar-refractivity contribution in [2.24, 2.45) is 0 Å². The van der Waals surface area contributed by atoms with Crippen LogP contribution in [0.2, 0.25) is 0 Å². The van der Waals surface area contributed by atoms with Crippen molar-refractivity contribution in [2.75, 3.05) is 19.6 Å². The van der Waals surface area contributed by atoms with Crippen LogP contribution in [0, 0.1) is 18.6 Å². The van der Waals surface area contributed by atoms with Crippen molar-refractivity contribution in [3.05, 3.63) is 86.8 Å². The first-order valence-electron chi connectivity index (χ1n) is 12.0.